The zero-order chi connectivity index (χ0) is 23.4. The lowest BCUT2D eigenvalue weighted by atomic mass is 10.1. The van der Waals surface area contributed by atoms with Crippen molar-refractivity contribution in [3.8, 4) is 0 Å². The Balaban J connectivity index is 5.33. The number of carbonyl (C=O) groups is 6. The molecule has 170 valence electrons. The molecule has 0 fully saturated rings. The fourth-order valence-corrected chi connectivity index (χ4v) is 2.62. The summed E-state index contributed by atoms with van der Waals surface area (Å²) >= 11 is 1.39. The number of thioether (sulfide) groups is 1. The van der Waals surface area contributed by atoms with E-state index in [0.29, 0.717) is 5.75 Å². The summed E-state index contributed by atoms with van der Waals surface area (Å²) in [5.41, 5.74) is 15.6. The van der Waals surface area contributed by atoms with E-state index in [1.807, 2.05) is 0 Å². The first kappa shape index (κ1) is 27.1. The fourth-order valence-electron chi connectivity index (χ4n) is 2.15. The van der Waals surface area contributed by atoms with Crippen molar-refractivity contribution >= 4 is 47.3 Å². The average Bonchev–Trinajstić information content (AvgIpc) is 2.62. The fraction of sp³-hybridized carbons (Fsp3) is 0.625. The summed E-state index contributed by atoms with van der Waals surface area (Å²) in [5, 5.41) is 15.7. The van der Waals surface area contributed by atoms with Crippen molar-refractivity contribution in [3.63, 3.8) is 0 Å². The molecule has 0 saturated carbocycles. The van der Waals surface area contributed by atoms with Crippen molar-refractivity contribution in [2.45, 2.75) is 50.4 Å². The number of amides is 5. The maximum Gasteiger partial charge on any atom is 0.325 e. The van der Waals surface area contributed by atoms with Gasteiger partial charge in [-0.25, -0.2) is 0 Å². The number of primary amides is 2. The van der Waals surface area contributed by atoms with Gasteiger partial charge in [0.1, 0.15) is 18.1 Å². The zero-order valence-electron chi connectivity index (χ0n) is 16.7. The maximum atomic E-state index is 12.6. The van der Waals surface area contributed by atoms with Crippen LogP contribution in [0.1, 0.15) is 26.2 Å². The van der Waals surface area contributed by atoms with E-state index < -0.39 is 72.5 Å². The van der Waals surface area contributed by atoms with E-state index in [4.69, 9.17) is 22.3 Å². The molecule has 0 spiro atoms. The summed E-state index contributed by atoms with van der Waals surface area (Å²) in [5.74, 6) is -5.13. The minimum Gasteiger partial charge on any atom is -0.480 e. The van der Waals surface area contributed by atoms with Gasteiger partial charge in [-0.05, 0) is 25.4 Å². The van der Waals surface area contributed by atoms with Crippen LogP contribution in [0.2, 0.25) is 0 Å². The Hall–Kier alpha value is -2.87. The number of aliphatic carboxylic acids is 1. The third kappa shape index (κ3) is 10.6. The molecule has 0 aliphatic heterocycles. The van der Waals surface area contributed by atoms with Crippen LogP contribution in [0.25, 0.3) is 0 Å². The van der Waals surface area contributed by atoms with Gasteiger partial charge < -0.3 is 38.3 Å². The van der Waals surface area contributed by atoms with E-state index >= 15 is 0 Å². The maximum absolute atomic E-state index is 12.6. The number of rotatable bonds is 14. The minimum atomic E-state index is -1.46. The SMILES string of the molecule is CSCCC(NC(=O)C(CC(N)=O)NC(=O)C(N)CC(N)=O)C(=O)NC(C)C(=O)O. The Morgan fingerprint density at radius 1 is 0.867 bits per heavy atom. The standard InChI is InChI=1S/C16H28N6O7S/c1-7(16(28)29)20-14(26)9(3-4-30-2)21-15(27)10(6-12(19)24)22-13(25)8(17)5-11(18)23/h7-10H,3-6,17H2,1-2H3,(H2,18,23)(H2,19,24)(H,20,26)(H,21,27)(H,22,25)(H,28,29). The second kappa shape index (κ2) is 13.4. The number of nitrogens with two attached hydrogens (primary N) is 3. The van der Waals surface area contributed by atoms with Crippen LogP contribution in [-0.4, -0.2) is 76.8 Å². The summed E-state index contributed by atoms with van der Waals surface area (Å²) < 4.78 is 0. The molecular formula is C16H28N6O7S. The molecule has 10 N–H and O–H groups in total. The third-order valence-electron chi connectivity index (χ3n) is 3.77. The van der Waals surface area contributed by atoms with Crippen LogP contribution in [0.4, 0.5) is 0 Å². The molecule has 14 heteroatoms. The lowest BCUT2D eigenvalue weighted by Gasteiger charge is -2.24. The zero-order valence-corrected chi connectivity index (χ0v) is 17.5. The summed E-state index contributed by atoms with van der Waals surface area (Å²) in [4.78, 5) is 70.1. The van der Waals surface area contributed by atoms with Gasteiger partial charge in [-0.15, -0.1) is 0 Å². The van der Waals surface area contributed by atoms with Gasteiger partial charge in [0.05, 0.1) is 18.9 Å². The smallest absolute Gasteiger partial charge is 0.325 e. The van der Waals surface area contributed by atoms with Crippen LogP contribution in [0.5, 0.6) is 0 Å². The number of hydrogen-bond acceptors (Lipinski definition) is 8. The van der Waals surface area contributed by atoms with Gasteiger partial charge in [0, 0.05) is 0 Å². The van der Waals surface area contributed by atoms with Crippen LogP contribution in [0.15, 0.2) is 0 Å². The van der Waals surface area contributed by atoms with Gasteiger partial charge >= 0.3 is 5.97 Å². The predicted octanol–water partition coefficient (Wildman–Crippen LogP) is -3.62. The number of carboxylic acids is 1. The molecule has 0 radical (unpaired) electrons. The molecule has 13 nitrogen and oxygen atoms in total. The first-order valence-corrected chi connectivity index (χ1v) is 10.2. The summed E-state index contributed by atoms with van der Waals surface area (Å²) in [6.07, 6.45) is 0.849. The monoisotopic (exact) mass is 448 g/mol. The van der Waals surface area contributed by atoms with Crippen LogP contribution >= 0.6 is 11.8 Å². The molecule has 0 heterocycles. The summed E-state index contributed by atoms with van der Waals surface area (Å²) in [6, 6.07) is -5.13. The van der Waals surface area contributed by atoms with Gasteiger partial charge in [-0.1, -0.05) is 0 Å². The van der Waals surface area contributed by atoms with Crippen molar-refractivity contribution in [1.29, 1.82) is 0 Å². The molecular weight excluding hydrogens is 420 g/mol. The average molecular weight is 449 g/mol. The Bertz CT molecular complexity index is 674. The Morgan fingerprint density at radius 3 is 1.83 bits per heavy atom. The van der Waals surface area contributed by atoms with Crippen LogP contribution < -0.4 is 33.2 Å². The molecule has 0 bridgehead atoms. The number of carboxylic acid groups (broad SMARTS) is 1. The van der Waals surface area contributed by atoms with Crippen molar-refractivity contribution in [1.82, 2.24) is 16.0 Å². The minimum absolute atomic E-state index is 0.156. The molecule has 30 heavy (non-hydrogen) atoms. The third-order valence-corrected chi connectivity index (χ3v) is 4.41. The molecule has 4 unspecified atom stereocenters. The second-order valence-electron chi connectivity index (χ2n) is 6.42. The molecule has 0 aliphatic carbocycles. The number of hydrogen-bond donors (Lipinski definition) is 7. The van der Waals surface area contributed by atoms with E-state index in [1.165, 1.54) is 18.7 Å². The van der Waals surface area contributed by atoms with E-state index in [-0.39, 0.29) is 6.42 Å². The quantitative estimate of drug-likeness (QED) is 0.139. The molecule has 0 aromatic heterocycles. The molecule has 5 amide bonds. The Morgan fingerprint density at radius 2 is 1.37 bits per heavy atom. The summed E-state index contributed by atoms with van der Waals surface area (Å²) in [6.45, 7) is 1.25. The van der Waals surface area contributed by atoms with Gasteiger partial charge in [0.15, 0.2) is 0 Å². The highest BCUT2D eigenvalue weighted by Gasteiger charge is 2.30. The highest BCUT2D eigenvalue weighted by atomic mass is 32.2. The van der Waals surface area contributed by atoms with Gasteiger partial charge in [0.25, 0.3) is 0 Å². The van der Waals surface area contributed by atoms with Crippen molar-refractivity contribution < 1.29 is 33.9 Å². The molecule has 0 aromatic carbocycles. The number of carbonyl (C=O) groups excluding carboxylic acids is 5. The van der Waals surface area contributed by atoms with Gasteiger partial charge in [-0.2, -0.15) is 11.8 Å². The highest BCUT2D eigenvalue weighted by Crippen LogP contribution is 2.04. The van der Waals surface area contributed by atoms with Gasteiger partial charge in [-0.3, -0.25) is 28.8 Å². The van der Waals surface area contributed by atoms with E-state index in [9.17, 15) is 28.8 Å². The van der Waals surface area contributed by atoms with Crippen LogP contribution in [-0.2, 0) is 28.8 Å². The molecule has 0 saturated heterocycles. The van der Waals surface area contributed by atoms with Gasteiger partial charge in [0.2, 0.25) is 29.5 Å². The molecule has 0 aliphatic rings. The lowest BCUT2D eigenvalue weighted by molar-refractivity contribution is -0.142. The lowest BCUT2D eigenvalue weighted by Crippen LogP contribution is -2.57. The van der Waals surface area contributed by atoms with E-state index in [1.54, 1.807) is 6.26 Å². The molecule has 0 rings (SSSR count). The topological polar surface area (TPSA) is 237 Å². The second-order valence-corrected chi connectivity index (χ2v) is 7.41. The van der Waals surface area contributed by atoms with Crippen LogP contribution in [0.3, 0.4) is 0 Å². The first-order chi connectivity index (χ1) is 13.9. The van der Waals surface area contributed by atoms with Crippen molar-refractivity contribution in [2.24, 2.45) is 17.2 Å². The number of nitrogens with one attached hydrogen (secondary N) is 3. The molecule has 0 aromatic rings. The Kier molecular flexibility index (Phi) is 12.1. The normalized spacial score (nSPS) is 14.5. The highest BCUT2D eigenvalue weighted by molar-refractivity contribution is 7.98. The van der Waals surface area contributed by atoms with E-state index in [2.05, 4.69) is 16.0 Å². The predicted molar refractivity (Wildman–Crippen MR) is 108 cm³/mol. The first-order valence-electron chi connectivity index (χ1n) is 8.84. The summed E-state index contributed by atoms with van der Waals surface area (Å²) in [7, 11) is 0. The molecule has 4 atom stereocenters. The van der Waals surface area contributed by atoms with E-state index in [0.717, 1.165) is 0 Å². The van der Waals surface area contributed by atoms with Crippen molar-refractivity contribution in [3.05, 3.63) is 0 Å². The van der Waals surface area contributed by atoms with Crippen molar-refractivity contribution in [2.75, 3.05) is 12.0 Å². The Labute approximate surface area is 177 Å². The van der Waals surface area contributed by atoms with Crippen LogP contribution in [0, 0.1) is 0 Å². The largest absolute Gasteiger partial charge is 0.480 e.